The zero-order valence-electron chi connectivity index (χ0n) is 15.0. The van der Waals surface area contributed by atoms with E-state index in [4.69, 9.17) is 32.7 Å². The predicted octanol–water partition coefficient (Wildman–Crippen LogP) is 5.76. The third-order valence-electron chi connectivity index (χ3n) is 4.24. The number of nitrogens with zero attached hydrogens (tertiary/aromatic N) is 1. The number of hydrogen-bond acceptors (Lipinski definition) is 4. The molecule has 0 saturated carbocycles. The van der Waals surface area contributed by atoms with Crippen LogP contribution in [0.5, 0.6) is 11.5 Å². The molecule has 6 heteroatoms. The molecule has 0 N–H and O–H groups in total. The molecule has 0 radical (unpaired) electrons. The summed E-state index contributed by atoms with van der Waals surface area (Å²) in [5.74, 6) is 0.878. The number of pyridine rings is 1. The van der Waals surface area contributed by atoms with Crippen molar-refractivity contribution in [2.45, 2.75) is 6.92 Å². The third-order valence-corrected chi connectivity index (χ3v) is 4.95. The van der Waals surface area contributed by atoms with Crippen LogP contribution in [0.4, 0.5) is 0 Å². The molecule has 0 unspecified atom stereocenters. The zero-order valence-corrected chi connectivity index (χ0v) is 16.6. The second-order valence-electron chi connectivity index (χ2n) is 5.88. The van der Waals surface area contributed by atoms with Gasteiger partial charge in [-0.25, -0.2) is 4.98 Å². The van der Waals surface area contributed by atoms with Crippen LogP contribution in [-0.2, 0) is 0 Å². The molecule has 0 bridgehead atoms. The van der Waals surface area contributed by atoms with Crippen molar-refractivity contribution in [1.29, 1.82) is 0 Å². The lowest BCUT2D eigenvalue weighted by molar-refractivity contribution is 0.104. The SMILES string of the molecule is COc1ccc(C(=O)/C=C/c2cc3ccc(Cl)c(C)c3nc2Cl)cc1OC. The monoisotopic (exact) mass is 401 g/mol. The molecule has 1 heterocycles. The largest absolute Gasteiger partial charge is 0.493 e. The Kier molecular flexibility index (Phi) is 5.68. The maximum absolute atomic E-state index is 12.5. The highest BCUT2D eigenvalue weighted by Gasteiger charge is 2.10. The maximum Gasteiger partial charge on any atom is 0.185 e. The molecule has 1 aromatic heterocycles. The van der Waals surface area contributed by atoms with Gasteiger partial charge in [0.1, 0.15) is 5.15 Å². The molecule has 0 aliphatic heterocycles. The van der Waals surface area contributed by atoms with E-state index in [1.165, 1.54) is 13.2 Å². The fraction of sp³-hybridized carbons (Fsp3) is 0.143. The molecule has 0 amide bonds. The van der Waals surface area contributed by atoms with Gasteiger partial charge in [0.15, 0.2) is 17.3 Å². The maximum atomic E-state index is 12.5. The van der Waals surface area contributed by atoms with E-state index in [-0.39, 0.29) is 5.78 Å². The summed E-state index contributed by atoms with van der Waals surface area (Å²) in [6.45, 7) is 1.89. The first kappa shape index (κ1) is 19.2. The Morgan fingerprint density at radius 1 is 1.04 bits per heavy atom. The molecule has 3 aromatic rings. The van der Waals surface area contributed by atoms with Gasteiger partial charge in [-0.2, -0.15) is 0 Å². The van der Waals surface area contributed by atoms with Gasteiger partial charge in [-0.15, -0.1) is 0 Å². The summed E-state index contributed by atoms with van der Waals surface area (Å²) in [4.78, 5) is 16.9. The molecule has 0 atom stereocenters. The van der Waals surface area contributed by atoms with Gasteiger partial charge in [0.05, 0.1) is 19.7 Å². The van der Waals surface area contributed by atoms with Gasteiger partial charge in [-0.1, -0.05) is 29.3 Å². The van der Waals surface area contributed by atoms with Crippen molar-refractivity contribution in [2.24, 2.45) is 0 Å². The lowest BCUT2D eigenvalue weighted by atomic mass is 10.1. The number of rotatable bonds is 5. The summed E-state index contributed by atoms with van der Waals surface area (Å²) in [6.07, 6.45) is 3.11. The van der Waals surface area contributed by atoms with E-state index in [0.717, 1.165) is 16.5 Å². The summed E-state index contributed by atoms with van der Waals surface area (Å²) < 4.78 is 10.4. The topological polar surface area (TPSA) is 48.4 Å². The Balaban J connectivity index is 1.92. The number of allylic oxidation sites excluding steroid dienone is 1. The van der Waals surface area contributed by atoms with Crippen molar-refractivity contribution in [3.05, 3.63) is 69.3 Å². The van der Waals surface area contributed by atoms with Crippen LogP contribution in [0.2, 0.25) is 10.2 Å². The number of aryl methyl sites for hydroxylation is 1. The molecular formula is C21H17Cl2NO3. The first-order valence-corrected chi connectivity index (χ1v) is 8.90. The summed E-state index contributed by atoms with van der Waals surface area (Å²) >= 11 is 12.4. The average molecular weight is 402 g/mol. The number of methoxy groups -OCH3 is 2. The molecule has 0 fully saturated rings. The average Bonchev–Trinajstić information content (AvgIpc) is 2.69. The number of fused-ring (bicyclic) bond motifs is 1. The van der Waals surface area contributed by atoms with E-state index >= 15 is 0 Å². The molecule has 0 aliphatic carbocycles. The lowest BCUT2D eigenvalue weighted by Crippen LogP contribution is -1.97. The lowest BCUT2D eigenvalue weighted by Gasteiger charge is -2.08. The molecule has 3 rings (SSSR count). The van der Waals surface area contributed by atoms with Crippen LogP contribution in [0, 0.1) is 6.92 Å². The van der Waals surface area contributed by atoms with Crippen LogP contribution in [0.15, 0.2) is 42.5 Å². The Hall–Kier alpha value is -2.56. The second kappa shape index (κ2) is 7.99. The summed E-state index contributed by atoms with van der Waals surface area (Å²) in [5.41, 5.74) is 2.75. The first-order chi connectivity index (χ1) is 12.9. The van der Waals surface area contributed by atoms with Gasteiger partial charge >= 0.3 is 0 Å². The van der Waals surface area contributed by atoms with E-state index in [9.17, 15) is 4.79 Å². The first-order valence-electron chi connectivity index (χ1n) is 8.14. The van der Waals surface area contributed by atoms with Crippen molar-refractivity contribution in [3.8, 4) is 11.5 Å². The molecule has 0 saturated heterocycles. The van der Waals surface area contributed by atoms with E-state index in [2.05, 4.69) is 4.98 Å². The highest BCUT2D eigenvalue weighted by atomic mass is 35.5. The fourth-order valence-electron chi connectivity index (χ4n) is 2.72. The summed E-state index contributed by atoms with van der Waals surface area (Å²) in [6, 6.07) is 10.6. The molecule has 27 heavy (non-hydrogen) atoms. The number of ether oxygens (including phenoxy) is 2. The van der Waals surface area contributed by atoms with Gasteiger partial charge in [-0.05, 0) is 55.0 Å². The van der Waals surface area contributed by atoms with Gasteiger partial charge < -0.3 is 9.47 Å². The van der Waals surface area contributed by atoms with Crippen LogP contribution < -0.4 is 9.47 Å². The molecule has 0 spiro atoms. The number of carbonyl (C=O) groups is 1. The van der Waals surface area contributed by atoms with Crippen LogP contribution in [0.25, 0.3) is 17.0 Å². The quantitative estimate of drug-likeness (QED) is 0.309. The molecule has 0 aliphatic rings. The van der Waals surface area contributed by atoms with Crippen LogP contribution >= 0.6 is 23.2 Å². The van der Waals surface area contributed by atoms with E-state index in [1.54, 1.807) is 31.4 Å². The van der Waals surface area contributed by atoms with E-state index < -0.39 is 0 Å². The highest BCUT2D eigenvalue weighted by Crippen LogP contribution is 2.29. The van der Waals surface area contributed by atoms with Gasteiger partial charge in [0.25, 0.3) is 0 Å². The highest BCUT2D eigenvalue weighted by molar-refractivity contribution is 6.33. The fourth-order valence-corrected chi connectivity index (χ4v) is 3.07. The molecule has 138 valence electrons. The Bertz CT molecular complexity index is 1060. The van der Waals surface area contributed by atoms with Gasteiger partial charge in [-0.3, -0.25) is 4.79 Å². The standard InChI is InChI=1S/C21H17Cl2NO3/c1-12-16(22)7-4-14-10-15(21(23)24-20(12)14)5-8-17(25)13-6-9-18(26-2)19(11-13)27-3/h4-11H,1-3H3/b8-5+. The van der Waals surface area contributed by atoms with E-state index in [1.807, 2.05) is 25.1 Å². The van der Waals surface area contributed by atoms with Crippen molar-refractivity contribution >= 4 is 46.0 Å². The predicted molar refractivity (Wildman–Crippen MR) is 109 cm³/mol. The Morgan fingerprint density at radius 3 is 2.48 bits per heavy atom. The smallest absolute Gasteiger partial charge is 0.185 e. The van der Waals surface area contributed by atoms with Gasteiger partial charge in [0, 0.05) is 21.5 Å². The molecular weight excluding hydrogens is 385 g/mol. The van der Waals surface area contributed by atoms with Crippen molar-refractivity contribution in [3.63, 3.8) is 0 Å². The molecule has 4 nitrogen and oxygen atoms in total. The second-order valence-corrected chi connectivity index (χ2v) is 6.65. The number of hydrogen-bond donors (Lipinski definition) is 0. The number of aromatic nitrogens is 1. The van der Waals surface area contributed by atoms with E-state index in [0.29, 0.717) is 32.8 Å². The number of carbonyl (C=O) groups excluding carboxylic acids is 1. The normalized spacial score (nSPS) is 11.1. The molecule has 2 aromatic carbocycles. The number of halogens is 2. The summed E-state index contributed by atoms with van der Waals surface area (Å²) in [7, 11) is 3.07. The Labute approximate surface area is 167 Å². The van der Waals surface area contributed by atoms with Crippen LogP contribution in [0.1, 0.15) is 21.5 Å². The summed E-state index contributed by atoms with van der Waals surface area (Å²) in [5, 5.41) is 1.85. The van der Waals surface area contributed by atoms with Crippen molar-refractivity contribution < 1.29 is 14.3 Å². The minimum Gasteiger partial charge on any atom is -0.493 e. The van der Waals surface area contributed by atoms with Crippen LogP contribution in [0.3, 0.4) is 0 Å². The minimum absolute atomic E-state index is 0.181. The van der Waals surface area contributed by atoms with Crippen molar-refractivity contribution in [1.82, 2.24) is 4.98 Å². The zero-order chi connectivity index (χ0) is 19.6. The third kappa shape index (κ3) is 3.92. The van der Waals surface area contributed by atoms with Crippen LogP contribution in [-0.4, -0.2) is 25.0 Å². The number of ketones is 1. The van der Waals surface area contributed by atoms with Gasteiger partial charge in [0.2, 0.25) is 0 Å². The minimum atomic E-state index is -0.181. The number of benzene rings is 2. The van der Waals surface area contributed by atoms with Crippen molar-refractivity contribution in [2.75, 3.05) is 14.2 Å². The Morgan fingerprint density at radius 2 is 1.78 bits per heavy atom.